The van der Waals surface area contributed by atoms with Crippen LogP contribution in [0.4, 0.5) is 5.69 Å². The Morgan fingerprint density at radius 2 is 2.11 bits per heavy atom. The van der Waals surface area contributed by atoms with Crippen LogP contribution in [-0.4, -0.2) is 24.3 Å². The van der Waals surface area contributed by atoms with Gasteiger partial charge in [0.2, 0.25) is 0 Å². The van der Waals surface area contributed by atoms with E-state index in [-0.39, 0.29) is 11.6 Å². The van der Waals surface area contributed by atoms with Crippen molar-refractivity contribution >= 4 is 16.6 Å². The van der Waals surface area contributed by atoms with Crippen LogP contribution in [0.2, 0.25) is 0 Å². The van der Waals surface area contributed by atoms with Gasteiger partial charge in [-0.1, -0.05) is 25.1 Å². The molecular formula is C15H20N2O2. The number of fused-ring (bicyclic) bond motifs is 1. The zero-order chi connectivity index (χ0) is 13.8. The zero-order valence-corrected chi connectivity index (χ0v) is 11.6. The molecule has 0 radical (unpaired) electrons. The summed E-state index contributed by atoms with van der Waals surface area (Å²) in [7, 11) is 3.48. The minimum absolute atomic E-state index is 0.00605. The van der Waals surface area contributed by atoms with Gasteiger partial charge in [0, 0.05) is 37.3 Å². The molecule has 0 bridgehead atoms. The maximum Gasteiger partial charge on any atom is 0.252 e. The number of benzene rings is 1. The summed E-state index contributed by atoms with van der Waals surface area (Å²) in [5.41, 5.74) is 1.81. The second-order valence-electron chi connectivity index (χ2n) is 4.68. The maximum absolute atomic E-state index is 12.0. The molecule has 1 aromatic heterocycles. The van der Waals surface area contributed by atoms with Crippen molar-refractivity contribution in [3.8, 4) is 0 Å². The predicted molar refractivity (Wildman–Crippen MR) is 78.8 cm³/mol. The van der Waals surface area contributed by atoms with Gasteiger partial charge in [0.05, 0.1) is 12.1 Å². The van der Waals surface area contributed by atoms with Gasteiger partial charge in [-0.15, -0.1) is 0 Å². The Bertz CT molecular complexity index is 619. The third-order valence-corrected chi connectivity index (χ3v) is 3.37. The Morgan fingerprint density at radius 1 is 1.37 bits per heavy atom. The van der Waals surface area contributed by atoms with Gasteiger partial charge >= 0.3 is 0 Å². The molecule has 2 aromatic rings. The van der Waals surface area contributed by atoms with E-state index >= 15 is 0 Å². The average molecular weight is 260 g/mol. The summed E-state index contributed by atoms with van der Waals surface area (Å²) in [4.78, 5) is 12.0. The largest absolute Gasteiger partial charge is 0.383 e. The summed E-state index contributed by atoms with van der Waals surface area (Å²) in [6.45, 7) is 2.72. The molecule has 0 aliphatic rings. The smallest absolute Gasteiger partial charge is 0.252 e. The number of rotatable bonds is 5. The predicted octanol–water partition coefficient (Wildman–Crippen LogP) is 2.38. The number of hydrogen-bond acceptors (Lipinski definition) is 3. The van der Waals surface area contributed by atoms with Crippen molar-refractivity contribution in [2.75, 3.05) is 19.0 Å². The monoisotopic (exact) mass is 260 g/mol. The number of anilines is 1. The van der Waals surface area contributed by atoms with E-state index in [9.17, 15) is 4.79 Å². The third kappa shape index (κ3) is 2.79. The van der Waals surface area contributed by atoms with Gasteiger partial charge in [0.1, 0.15) is 0 Å². The van der Waals surface area contributed by atoms with Gasteiger partial charge in [0.25, 0.3) is 5.56 Å². The molecule has 0 saturated carbocycles. The first kappa shape index (κ1) is 13.6. The molecule has 2 rings (SSSR count). The number of methoxy groups -OCH3 is 1. The number of nitrogens with one attached hydrogen (secondary N) is 1. The van der Waals surface area contributed by atoms with Crippen LogP contribution in [0.15, 0.2) is 35.1 Å². The van der Waals surface area contributed by atoms with E-state index < -0.39 is 0 Å². The molecule has 0 amide bonds. The number of aromatic nitrogens is 1. The topological polar surface area (TPSA) is 43.3 Å². The van der Waals surface area contributed by atoms with Crippen LogP contribution in [0.25, 0.3) is 10.9 Å². The van der Waals surface area contributed by atoms with Crippen LogP contribution in [0.5, 0.6) is 0 Å². The first-order chi connectivity index (χ1) is 9.17. The van der Waals surface area contributed by atoms with Gasteiger partial charge in [0.15, 0.2) is 0 Å². The number of hydrogen-bond donors (Lipinski definition) is 1. The van der Waals surface area contributed by atoms with Gasteiger partial charge in [-0.2, -0.15) is 0 Å². The van der Waals surface area contributed by atoms with Crippen LogP contribution in [0.1, 0.15) is 13.3 Å². The van der Waals surface area contributed by atoms with Crippen molar-refractivity contribution in [3.63, 3.8) is 0 Å². The Morgan fingerprint density at radius 3 is 2.79 bits per heavy atom. The summed E-state index contributed by atoms with van der Waals surface area (Å²) in [6.07, 6.45) is 0.942. The quantitative estimate of drug-likeness (QED) is 0.897. The highest BCUT2D eigenvalue weighted by Crippen LogP contribution is 2.21. The van der Waals surface area contributed by atoms with Crippen molar-refractivity contribution in [3.05, 3.63) is 40.7 Å². The molecule has 0 fully saturated rings. The van der Waals surface area contributed by atoms with Crippen LogP contribution < -0.4 is 10.9 Å². The number of aryl methyl sites for hydroxylation is 1. The fourth-order valence-electron chi connectivity index (χ4n) is 2.21. The summed E-state index contributed by atoms with van der Waals surface area (Å²) < 4.78 is 6.85. The second kappa shape index (κ2) is 5.89. The minimum atomic E-state index is -0.00605. The number of pyridine rings is 1. The van der Waals surface area contributed by atoms with Crippen molar-refractivity contribution in [2.45, 2.75) is 19.4 Å². The lowest BCUT2D eigenvalue weighted by Crippen LogP contribution is -2.26. The van der Waals surface area contributed by atoms with Crippen LogP contribution >= 0.6 is 0 Å². The van der Waals surface area contributed by atoms with Crippen molar-refractivity contribution in [1.29, 1.82) is 0 Å². The molecule has 4 heteroatoms. The summed E-state index contributed by atoms with van der Waals surface area (Å²) >= 11 is 0. The van der Waals surface area contributed by atoms with Crippen molar-refractivity contribution in [2.24, 2.45) is 7.05 Å². The second-order valence-corrected chi connectivity index (χ2v) is 4.68. The Labute approximate surface area is 113 Å². The Kier molecular flexibility index (Phi) is 4.22. The normalized spacial score (nSPS) is 12.6. The average Bonchev–Trinajstić information content (AvgIpc) is 2.44. The lowest BCUT2D eigenvalue weighted by atomic mass is 10.1. The van der Waals surface area contributed by atoms with E-state index in [1.807, 2.05) is 24.3 Å². The number of ether oxygens (including phenoxy) is 1. The van der Waals surface area contributed by atoms with E-state index in [1.54, 1.807) is 24.8 Å². The molecule has 19 heavy (non-hydrogen) atoms. The number of para-hydroxylation sites is 1. The van der Waals surface area contributed by atoms with E-state index in [4.69, 9.17) is 4.74 Å². The minimum Gasteiger partial charge on any atom is -0.383 e. The highest BCUT2D eigenvalue weighted by atomic mass is 16.5. The molecule has 1 unspecified atom stereocenters. The first-order valence-corrected chi connectivity index (χ1v) is 6.51. The molecule has 0 spiro atoms. The Hall–Kier alpha value is -1.81. The van der Waals surface area contributed by atoms with E-state index in [0.717, 1.165) is 23.0 Å². The van der Waals surface area contributed by atoms with E-state index in [2.05, 4.69) is 12.2 Å². The Balaban J connectivity index is 2.48. The first-order valence-electron chi connectivity index (χ1n) is 6.51. The lowest BCUT2D eigenvalue weighted by Gasteiger charge is -2.19. The lowest BCUT2D eigenvalue weighted by molar-refractivity contribution is 0.184. The third-order valence-electron chi connectivity index (χ3n) is 3.37. The number of nitrogens with zero attached hydrogens (tertiary/aromatic N) is 1. The van der Waals surface area contributed by atoms with Gasteiger partial charge < -0.3 is 14.6 Å². The summed E-state index contributed by atoms with van der Waals surface area (Å²) in [6, 6.07) is 9.77. The standard InChI is InChI=1S/C15H20N2O2/c1-4-11(10-19-3)16-13-9-15(18)17(2)14-8-6-5-7-12(13)14/h5-9,11,16H,4,10H2,1-3H3. The molecule has 4 nitrogen and oxygen atoms in total. The van der Waals surface area contributed by atoms with Gasteiger partial charge in [-0.05, 0) is 12.5 Å². The van der Waals surface area contributed by atoms with Crippen LogP contribution in [0, 0.1) is 0 Å². The molecular weight excluding hydrogens is 240 g/mol. The maximum atomic E-state index is 12.0. The van der Waals surface area contributed by atoms with Gasteiger partial charge in [-0.25, -0.2) is 0 Å². The van der Waals surface area contributed by atoms with Gasteiger partial charge in [-0.3, -0.25) is 4.79 Å². The molecule has 0 aliphatic heterocycles. The molecule has 1 heterocycles. The molecule has 1 atom stereocenters. The summed E-state index contributed by atoms with van der Waals surface area (Å²) in [5.74, 6) is 0. The fourth-order valence-corrected chi connectivity index (χ4v) is 2.21. The van der Waals surface area contributed by atoms with E-state index in [0.29, 0.717) is 6.61 Å². The molecule has 1 N–H and O–H groups in total. The van der Waals surface area contributed by atoms with Crippen molar-refractivity contribution in [1.82, 2.24) is 4.57 Å². The zero-order valence-electron chi connectivity index (χ0n) is 11.6. The SMILES string of the molecule is CCC(COC)Nc1cc(=O)n(C)c2ccccc12. The molecule has 1 aromatic carbocycles. The van der Waals surface area contributed by atoms with Crippen molar-refractivity contribution < 1.29 is 4.74 Å². The molecule has 0 aliphatic carbocycles. The molecule has 102 valence electrons. The summed E-state index contributed by atoms with van der Waals surface area (Å²) in [5, 5.41) is 4.46. The highest BCUT2D eigenvalue weighted by Gasteiger charge is 2.10. The fraction of sp³-hybridized carbons (Fsp3) is 0.400. The van der Waals surface area contributed by atoms with E-state index in [1.165, 1.54) is 0 Å². The molecule has 0 saturated heterocycles. The highest BCUT2D eigenvalue weighted by molar-refractivity contribution is 5.91. The van der Waals surface area contributed by atoms with Crippen LogP contribution in [0.3, 0.4) is 0 Å². The van der Waals surface area contributed by atoms with Crippen LogP contribution in [-0.2, 0) is 11.8 Å².